The lowest BCUT2D eigenvalue weighted by Crippen LogP contribution is -2.35. The molecule has 2 fully saturated rings. The van der Waals surface area contributed by atoms with E-state index in [0.717, 1.165) is 25.9 Å². The van der Waals surface area contributed by atoms with Gasteiger partial charge in [0.15, 0.2) is 0 Å². The van der Waals surface area contributed by atoms with E-state index in [1.807, 2.05) is 0 Å². The summed E-state index contributed by atoms with van der Waals surface area (Å²) in [6, 6.07) is 9.76. The van der Waals surface area contributed by atoms with Crippen molar-refractivity contribution in [2.24, 2.45) is 5.41 Å². The summed E-state index contributed by atoms with van der Waals surface area (Å²) in [5.74, 6) is 0.675. The summed E-state index contributed by atoms with van der Waals surface area (Å²) in [4.78, 5) is 14.6. The van der Waals surface area contributed by atoms with Gasteiger partial charge in [-0.2, -0.15) is 0 Å². The Morgan fingerprint density at radius 3 is 2.33 bits per heavy atom. The Balaban J connectivity index is 1.57. The molecule has 0 aromatic heterocycles. The number of benzene rings is 2. The van der Waals surface area contributed by atoms with Crippen molar-refractivity contribution in [2.45, 2.75) is 37.1 Å². The fraction of sp³-hybridized carbons (Fsp3) is 0.458. The zero-order chi connectivity index (χ0) is 23.6. The van der Waals surface area contributed by atoms with E-state index in [-0.39, 0.29) is 11.4 Å². The first-order chi connectivity index (χ1) is 15.8. The van der Waals surface area contributed by atoms with Gasteiger partial charge in [0.25, 0.3) is 0 Å². The number of esters is 1. The molecule has 0 amide bonds. The van der Waals surface area contributed by atoms with E-state index in [2.05, 4.69) is 9.62 Å². The normalized spacial score (nSPS) is 17.0. The number of carbonyl (C=O) groups is 1. The van der Waals surface area contributed by atoms with Crippen molar-refractivity contribution >= 4 is 21.7 Å². The van der Waals surface area contributed by atoms with Crippen LogP contribution in [-0.4, -0.2) is 48.8 Å². The minimum absolute atomic E-state index is 0.0514. The van der Waals surface area contributed by atoms with Crippen LogP contribution < -0.4 is 19.1 Å². The quantitative estimate of drug-likeness (QED) is 0.587. The molecule has 1 saturated heterocycles. The second-order valence-electron chi connectivity index (χ2n) is 8.66. The molecular weight excluding hydrogens is 444 g/mol. The molecule has 0 unspecified atom stereocenters. The first-order valence-electron chi connectivity index (χ1n) is 11.0. The lowest BCUT2D eigenvalue weighted by atomic mass is 9.93. The molecule has 1 aliphatic carbocycles. The van der Waals surface area contributed by atoms with E-state index in [9.17, 15) is 13.2 Å². The molecule has 1 spiro atoms. The maximum atomic E-state index is 13.1. The highest BCUT2D eigenvalue weighted by Gasteiger charge is 2.44. The molecule has 0 atom stereocenters. The van der Waals surface area contributed by atoms with Crippen molar-refractivity contribution < 1.29 is 27.4 Å². The number of rotatable bonds is 8. The maximum absolute atomic E-state index is 13.1. The highest BCUT2D eigenvalue weighted by Crippen LogP contribution is 2.54. The van der Waals surface area contributed by atoms with Crippen molar-refractivity contribution in [3.63, 3.8) is 0 Å². The van der Waals surface area contributed by atoms with Crippen LogP contribution in [0.5, 0.6) is 11.5 Å². The van der Waals surface area contributed by atoms with Crippen molar-refractivity contribution in [1.29, 1.82) is 0 Å². The van der Waals surface area contributed by atoms with E-state index < -0.39 is 16.0 Å². The number of nitrogens with zero attached hydrogens (tertiary/aromatic N) is 1. The monoisotopic (exact) mass is 474 g/mol. The smallest absolute Gasteiger partial charge is 0.339 e. The van der Waals surface area contributed by atoms with Crippen LogP contribution in [0.4, 0.5) is 5.69 Å². The van der Waals surface area contributed by atoms with Gasteiger partial charge >= 0.3 is 5.97 Å². The Bertz CT molecular complexity index is 1130. The molecule has 2 aromatic carbocycles. The topological polar surface area (TPSA) is 94.2 Å². The van der Waals surface area contributed by atoms with Crippen LogP contribution in [0.25, 0.3) is 0 Å². The first-order valence-corrected chi connectivity index (χ1v) is 12.5. The summed E-state index contributed by atoms with van der Waals surface area (Å²) in [7, 11) is 0.572. The van der Waals surface area contributed by atoms with Gasteiger partial charge in [-0.25, -0.2) is 17.9 Å². The molecule has 9 heteroatoms. The Hall–Kier alpha value is -2.78. The van der Waals surface area contributed by atoms with Gasteiger partial charge in [0.2, 0.25) is 10.0 Å². The van der Waals surface area contributed by atoms with Gasteiger partial charge in [-0.05, 0) is 55.4 Å². The fourth-order valence-corrected chi connectivity index (χ4v) is 5.40. The predicted molar refractivity (Wildman–Crippen MR) is 124 cm³/mol. The molecule has 4 rings (SSSR count). The third kappa shape index (κ3) is 4.94. The van der Waals surface area contributed by atoms with Crippen LogP contribution in [0, 0.1) is 5.41 Å². The summed E-state index contributed by atoms with van der Waals surface area (Å²) in [6.07, 6.45) is 4.63. The number of carbonyl (C=O) groups excluding carboxylic acids is 1. The molecule has 0 bridgehead atoms. The van der Waals surface area contributed by atoms with E-state index in [0.29, 0.717) is 33.7 Å². The minimum Gasteiger partial charge on any atom is -0.497 e. The minimum atomic E-state index is -3.84. The molecule has 1 saturated carbocycles. The molecule has 1 aliphatic heterocycles. The van der Waals surface area contributed by atoms with Crippen molar-refractivity contribution in [3.8, 4) is 11.5 Å². The predicted octanol–water partition coefficient (Wildman–Crippen LogP) is 3.35. The number of hydrogen-bond donors (Lipinski definition) is 1. The van der Waals surface area contributed by atoms with Crippen LogP contribution in [0.2, 0.25) is 0 Å². The lowest BCUT2D eigenvalue weighted by Gasteiger charge is -2.34. The fourth-order valence-electron chi connectivity index (χ4n) is 4.38. The molecule has 2 aromatic rings. The van der Waals surface area contributed by atoms with Gasteiger partial charge in [-0.3, -0.25) is 0 Å². The van der Waals surface area contributed by atoms with Crippen molar-refractivity contribution in [2.75, 3.05) is 39.3 Å². The summed E-state index contributed by atoms with van der Waals surface area (Å²) >= 11 is 0. The number of hydrogen-bond acceptors (Lipinski definition) is 7. The lowest BCUT2D eigenvalue weighted by molar-refractivity contribution is 0.0601. The third-order valence-corrected chi connectivity index (χ3v) is 8.15. The second-order valence-corrected chi connectivity index (χ2v) is 10.4. The Morgan fingerprint density at radius 2 is 1.73 bits per heavy atom. The number of piperidine rings is 1. The standard InChI is InChI=1S/C24H30N2O6S/c1-30-18-5-4-17(22(14-18)31-2)16-25-33(28,29)19-6-7-20(23(27)32-3)21(15-19)26-12-10-24(8-9-24)11-13-26/h4-7,14-15,25H,8-13,16H2,1-3H3. The van der Waals surface area contributed by atoms with Gasteiger partial charge in [-0.15, -0.1) is 0 Å². The number of anilines is 1. The molecule has 178 valence electrons. The van der Waals surface area contributed by atoms with E-state index in [1.54, 1.807) is 31.4 Å². The van der Waals surface area contributed by atoms with Gasteiger partial charge in [0.05, 0.1) is 37.5 Å². The maximum Gasteiger partial charge on any atom is 0.339 e. The molecule has 33 heavy (non-hydrogen) atoms. The molecule has 2 aliphatic rings. The van der Waals surface area contributed by atoms with Crippen LogP contribution >= 0.6 is 0 Å². The first kappa shape index (κ1) is 23.4. The van der Waals surface area contributed by atoms with Crippen LogP contribution in [-0.2, 0) is 21.3 Å². The summed E-state index contributed by atoms with van der Waals surface area (Å²) in [5.41, 5.74) is 2.12. The van der Waals surface area contributed by atoms with E-state index in [1.165, 1.54) is 39.2 Å². The SMILES string of the molecule is COC(=O)c1ccc(S(=O)(=O)NCc2ccc(OC)cc2OC)cc1N1CCC2(CC1)CC2. The molecule has 1 N–H and O–H groups in total. The Labute approximate surface area is 194 Å². The number of ether oxygens (including phenoxy) is 3. The summed E-state index contributed by atoms with van der Waals surface area (Å²) in [5, 5.41) is 0. The van der Waals surface area contributed by atoms with Gasteiger partial charge in [-0.1, -0.05) is 6.07 Å². The van der Waals surface area contributed by atoms with Crippen LogP contribution in [0.3, 0.4) is 0 Å². The number of methoxy groups -OCH3 is 3. The van der Waals surface area contributed by atoms with Gasteiger partial charge in [0.1, 0.15) is 11.5 Å². The molecule has 0 radical (unpaired) electrons. The largest absolute Gasteiger partial charge is 0.497 e. The van der Waals surface area contributed by atoms with Crippen LogP contribution in [0.15, 0.2) is 41.3 Å². The average Bonchev–Trinajstić information content (AvgIpc) is 3.60. The molecular formula is C24H30N2O6S. The highest BCUT2D eigenvalue weighted by atomic mass is 32.2. The summed E-state index contributed by atoms with van der Waals surface area (Å²) < 4.78 is 44.4. The average molecular weight is 475 g/mol. The Kier molecular flexibility index (Phi) is 6.54. The van der Waals surface area contributed by atoms with Crippen LogP contribution in [0.1, 0.15) is 41.6 Å². The second kappa shape index (κ2) is 9.23. The number of nitrogens with one attached hydrogen (secondary N) is 1. The molecule has 8 nitrogen and oxygen atoms in total. The van der Waals surface area contributed by atoms with E-state index in [4.69, 9.17) is 14.2 Å². The van der Waals surface area contributed by atoms with Gasteiger partial charge in [0, 0.05) is 31.3 Å². The van der Waals surface area contributed by atoms with Crippen molar-refractivity contribution in [1.82, 2.24) is 4.72 Å². The Morgan fingerprint density at radius 1 is 1.00 bits per heavy atom. The van der Waals surface area contributed by atoms with E-state index >= 15 is 0 Å². The zero-order valence-corrected chi connectivity index (χ0v) is 20.0. The molecule has 1 heterocycles. The number of sulfonamides is 1. The van der Waals surface area contributed by atoms with Gasteiger partial charge < -0.3 is 19.1 Å². The zero-order valence-electron chi connectivity index (χ0n) is 19.2. The third-order valence-electron chi connectivity index (χ3n) is 6.75. The van der Waals surface area contributed by atoms with Crippen molar-refractivity contribution in [3.05, 3.63) is 47.5 Å². The highest BCUT2D eigenvalue weighted by molar-refractivity contribution is 7.89. The summed E-state index contributed by atoms with van der Waals surface area (Å²) in [6.45, 7) is 1.64.